The molecule has 8 nitrogen and oxygen atoms in total. The lowest BCUT2D eigenvalue weighted by Crippen LogP contribution is -2.41. The van der Waals surface area contributed by atoms with E-state index in [2.05, 4.69) is 14.8 Å². The van der Waals surface area contributed by atoms with Gasteiger partial charge in [-0.25, -0.2) is 27.6 Å². The molecule has 0 aliphatic rings. The van der Waals surface area contributed by atoms with Crippen molar-refractivity contribution in [1.82, 2.24) is 19.5 Å². The van der Waals surface area contributed by atoms with E-state index in [4.69, 9.17) is 0 Å². The van der Waals surface area contributed by atoms with Crippen LogP contribution in [0.2, 0.25) is 0 Å². The molecule has 0 unspecified atom stereocenters. The third kappa shape index (κ3) is 3.57. The molecule has 0 amide bonds. The van der Waals surface area contributed by atoms with E-state index in [1.54, 1.807) is 39.0 Å². The first-order chi connectivity index (χ1) is 10.5. The lowest BCUT2D eigenvalue weighted by molar-refractivity contribution is 0.0682. The van der Waals surface area contributed by atoms with Crippen LogP contribution in [0.1, 0.15) is 37.0 Å². The van der Waals surface area contributed by atoms with Crippen molar-refractivity contribution in [1.29, 1.82) is 0 Å². The topological polar surface area (TPSA) is 114 Å². The summed E-state index contributed by atoms with van der Waals surface area (Å²) in [5.74, 6) is -1.17. The fraction of sp³-hybridized carbons (Fsp3) is 0.357. The zero-order valence-corrected chi connectivity index (χ0v) is 14.0. The van der Waals surface area contributed by atoms with E-state index in [1.807, 2.05) is 0 Å². The molecule has 0 aromatic carbocycles. The quantitative estimate of drug-likeness (QED) is 0.870. The third-order valence-corrected chi connectivity index (χ3v) is 4.69. The normalized spacial score (nSPS) is 12.3. The van der Waals surface area contributed by atoms with Crippen molar-refractivity contribution in [2.45, 2.75) is 38.1 Å². The molecule has 0 bridgehead atoms. The number of aromatic nitrogens is 3. The number of aryl methyl sites for hydroxylation is 1. The van der Waals surface area contributed by atoms with Crippen molar-refractivity contribution < 1.29 is 18.3 Å². The Bertz CT molecular complexity index is 836. The molecular formula is C14H18N4O4S. The molecule has 124 valence electrons. The number of aromatic carboxylic acids is 1. The van der Waals surface area contributed by atoms with Gasteiger partial charge in [-0.05, 0) is 39.8 Å². The first kappa shape index (κ1) is 17.1. The maximum absolute atomic E-state index is 12.6. The monoisotopic (exact) mass is 338 g/mol. The Morgan fingerprint density at radius 2 is 1.96 bits per heavy atom. The van der Waals surface area contributed by atoms with Gasteiger partial charge in [-0.15, -0.1) is 0 Å². The fourth-order valence-electron chi connectivity index (χ4n) is 2.12. The fourth-order valence-corrected chi connectivity index (χ4v) is 3.89. The van der Waals surface area contributed by atoms with Crippen molar-refractivity contribution in [3.8, 4) is 5.82 Å². The molecule has 0 radical (unpaired) electrons. The van der Waals surface area contributed by atoms with Gasteiger partial charge in [0.15, 0.2) is 11.5 Å². The Hall–Kier alpha value is -2.26. The number of carbonyl (C=O) groups is 1. The Kier molecular flexibility index (Phi) is 4.27. The van der Waals surface area contributed by atoms with E-state index < -0.39 is 27.2 Å². The smallest absolute Gasteiger partial charge is 0.356 e. The molecule has 0 aliphatic carbocycles. The number of pyridine rings is 1. The minimum absolute atomic E-state index is 0.0878. The standard InChI is InChI=1S/C14H18N4O4S/c1-9-12(23(21,22)17-14(2,3)4)11(13(19)20)18(16-9)10-7-5-6-8-15-10/h5-8,17H,1-4H3,(H,19,20). The van der Waals surface area contributed by atoms with Gasteiger partial charge in [0, 0.05) is 11.7 Å². The Morgan fingerprint density at radius 1 is 1.30 bits per heavy atom. The molecule has 0 spiro atoms. The highest BCUT2D eigenvalue weighted by Gasteiger charge is 2.33. The average Bonchev–Trinajstić information content (AvgIpc) is 2.75. The van der Waals surface area contributed by atoms with Crippen molar-refractivity contribution in [3.63, 3.8) is 0 Å². The molecule has 0 saturated heterocycles. The molecule has 2 aromatic rings. The van der Waals surface area contributed by atoms with Gasteiger partial charge in [0.2, 0.25) is 10.0 Å². The summed E-state index contributed by atoms with van der Waals surface area (Å²) in [5.41, 5.74) is -1.11. The third-order valence-electron chi connectivity index (χ3n) is 2.78. The summed E-state index contributed by atoms with van der Waals surface area (Å²) >= 11 is 0. The van der Waals surface area contributed by atoms with Crippen molar-refractivity contribution in [2.24, 2.45) is 0 Å². The molecule has 9 heteroatoms. The molecule has 0 saturated carbocycles. The van der Waals surface area contributed by atoms with Gasteiger partial charge in [0.05, 0.1) is 5.69 Å². The highest BCUT2D eigenvalue weighted by molar-refractivity contribution is 7.89. The number of hydrogen-bond acceptors (Lipinski definition) is 5. The van der Waals surface area contributed by atoms with Crippen LogP contribution in [-0.4, -0.2) is 39.8 Å². The van der Waals surface area contributed by atoms with Crippen LogP contribution in [0.3, 0.4) is 0 Å². The number of nitrogens with zero attached hydrogens (tertiary/aromatic N) is 3. The molecule has 0 aliphatic heterocycles. The second-order valence-corrected chi connectivity index (χ2v) is 7.64. The first-order valence-corrected chi connectivity index (χ1v) is 8.29. The van der Waals surface area contributed by atoms with Gasteiger partial charge in [0.1, 0.15) is 4.90 Å². The van der Waals surface area contributed by atoms with Crippen LogP contribution in [0.15, 0.2) is 29.3 Å². The van der Waals surface area contributed by atoms with E-state index in [0.29, 0.717) is 0 Å². The maximum Gasteiger partial charge on any atom is 0.356 e. The van der Waals surface area contributed by atoms with Gasteiger partial charge in [0.25, 0.3) is 0 Å². The van der Waals surface area contributed by atoms with Crippen LogP contribution in [0, 0.1) is 6.92 Å². The SMILES string of the molecule is Cc1nn(-c2ccccn2)c(C(=O)O)c1S(=O)(=O)NC(C)(C)C. The number of nitrogens with one attached hydrogen (secondary N) is 1. The summed E-state index contributed by atoms with van der Waals surface area (Å²) in [7, 11) is -4.05. The number of carboxylic acids is 1. The second kappa shape index (κ2) is 5.74. The van der Waals surface area contributed by atoms with Gasteiger partial charge in [-0.3, -0.25) is 0 Å². The van der Waals surface area contributed by atoms with Gasteiger partial charge < -0.3 is 5.11 Å². The van der Waals surface area contributed by atoms with E-state index in [0.717, 1.165) is 4.68 Å². The number of sulfonamides is 1. The lowest BCUT2D eigenvalue weighted by atomic mass is 10.1. The van der Waals surface area contributed by atoms with Gasteiger partial charge in [-0.1, -0.05) is 6.07 Å². The summed E-state index contributed by atoms with van der Waals surface area (Å²) < 4.78 is 28.7. The van der Waals surface area contributed by atoms with E-state index >= 15 is 0 Å². The van der Waals surface area contributed by atoms with Gasteiger partial charge >= 0.3 is 5.97 Å². The zero-order valence-electron chi connectivity index (χ0n) is 13.2. The van der Waals surface area contributed by atoms with Crippen LogP contribution in [0.5, 0.6) is 0 Å². The molecule has 23 heavy (non-hydrogen) atoms. The van der Waals surface area contributed by atoms with E-state index in [-0.39, 0.29) is 16.4 Å². The number of rotatable bonds is 4. The van der Waals surface area contributed by atoms with Crippen molar-refractivity contribution >= 4 is 16.0 Å². The molecule has 0 fully saturated rings. The van der Waals surface area contributed by atoms with Crippen LogP contribution in [0.25, 0.3) is 5.82 Å². The minimum atomic E-state index is -4.05. The average molecular weight is 338 g/mol. The van der Waals surface area contributed by atoms with Crippen LogP contribution in [-0.2, 0) is 10.0 Å². The Morgan fingerprint density at radius 3 is 2.43 bits per heavy atom. The van der Waals surface area contributed by atoms with Crippen LogP contribution >= 0.6 is 0 Å². The predicted molar refractivity (Wildman–Crippen MR) is 83.1 cm³/mol. The van der Waals surface area contributed by atoms with Gasteiger partial charge in [-0.2, -0.15) is 5.10 Å². The minimum Gasteiger partial charge on any atom is -0.476 e. The largest absolute Gasteiger partial charge is 0.476 e. The highest BCUT2D eigenvalue weighted by atomic mass is 32.2. The Labute approximate surface area is 134 Å². The molecule has 2 rings (SSSR count). The predicted octanol–water partition coefficient (Wildman–Crippen LogP) is 1.35. The second-order valence-electron chi connectivity index (χ2n) is 6.02. The Balaban J connectivity index is 2.72. The lowest BCUT2D eigenvalue weighted by Gasteiger charge is -2.20. The molecule has 0 atom stereocenters. The van der Waals surface area contributed by atoms with E-state index in [9.17, 15) is 18.3 Å². The number of hydrogen-bond donors (Lipinski definition) is 2. The van der Waals surface area contributed by atoms with Crippen molar-refractivity contribution in [2.75, 3.05) is 0 Å². The van der Waals surface area contributed by atoms with Crippen LogP contribution < -0.4 is 4.72 Å². The van der Waals surface area contributed by atoms with E-state index in [1.165, 1.54) is 13.1 Å². The van der Waals surface area contributed by atoms with Crippen molar-refractivity contribution in [3.05, 3.63) is 35.8 Å². The molecular weight excluding hydrogens is 320 g/mol. The summed E-state index contributed by atoms with van der Waals surface area (Å²) in [4.78, 5) is 15.3. The van der Waals surface area contributed by atoms with Crippen LogP contribution in [0.4, 0.5) is 0 Å². The highest BCUT2D eigenvalue weighted by Crippen LogP contribution is 2.24. The summed E-state index contributed by atoms with van der Waals surface area (Å²) in [6.45, 7) is 6.46. The summed E-state index contributed by atoms with van der Waals surface area (Å²) in [6.07, 6.45) is 1.47. The first-order valence-electron chi connectivity index (χ1n) is 6.81. The molecule has 2 heterocycles. The molecule has 2 aromatic heterocycles. The summed E-state index contributed by atoms with van der Waals surface area (Å²) in [5, 5.41) is 13.6. The molecule has 2 N–H and O–H groups in total. The zero-order chi connectivity index (χ0) is 17.4. The summed E-state index contributed by atoms with van der Waals surface area (Å²) in [6, 6.07) is 4.87. The maximum atomic E-state index is 12.6. The number of carboxylic acid groups (broad SMARTS) is 1.